The molecule has 1 aromatic rings. The summed E-state index contributed by atoms with van der Waals surface area (Å²) in [7, 11) is 1.84. The highest BCUT2D eigenvalue weighted by Crippen LogP contribution is 2.26. The molecule has 0 radical (unpaired) electrons. The highest BCUT2D eigenvalue weighted by atomic mass is 35.5. The van der Waals surface area contributed by atoms with Crippen molar-refractivity contribution >= 4 is 17.5 Å². The summed E-state index contributed by atoms with van der Waals surface area (Å²) in [5.74, 6) is 0.983. The van der Waals surface area contributed by atoms with Gasteiger partial charge in [-0.2, -0.15) is 0 Å². The van der Waals surface area contributed by atoms with Crippen molar-refractivity contribution in [3.63, 3.8) is 0 Å². The molecular weight excluding hydrogens is 316 g/mol. The van der Waals surface area contributed by atoms with Crippen molar-refractivity contribution in [3.8, 4) is 5.75 Å². The predicted molar refractivity (Wildman–Crippen MR) is 88.8 cm³/mol. The van der Waals surface area contributed by atoms with Crippen molar-refractivity contribution in [2.24, 2.45) is 0 Å². The fourth-order valence-corrected chi connectivity index (χ4v) is 3.15. The van der Waals surface area contributed by atoms with Crippen LogP contribution >= 0.6 is 11.6 Å². The van der Waals surface area contributed by atoms with E-state index in [1.54, 1.807) is 4.90 Å². The summed E-state index contributed by atoms with van der Waals surface area (Å²) in [5.41, 5.74) is 1.02. The molecule has 23 heavy (non-hydrogen) atoms. The maximum Gasteiger partial charge on any atom is 0.236 e. The smallest absolute Gasteiger partial charge is 0.236 e. The molecule has 6 heteroatoms. The highest BCUT2D eigenvalue weighted by molar-refractivity contribution is 6.30. The van der Waals surface area contributed by atoms with Gasteiger partial charge in [-0.25, -0.2) is 0 Å². The predicted octanol–water partition coefficient (Wildman–Crippen LogP) is 2.17. The third kappa shape index (κ3) is 4.37. The Morgan fingerprint density at radius 3 is 3.00 bits per heavy atom. The van der Waals surface area contributed by atoms with Crippen LogP contribution in [0.2, 0.25) is 5.02 Å². The van der Waals surface area contributed by atoms with E-state index in [9.17, 15) is 4.79 Å². The lowest BCUT2D eigenvalue weighted by Crippen LogP contribution is -2.48. The van der Waals surface area contributed by atoms with Gasteiger partial charge in [0.05, 0.1) is 12.6 Å². The van der Waals surface area contributed by atoms with Crippen LogP contribution in [0, 0.1) is 0 Å². The van der Waals surface area contributed by atoms with Crippen LogP contribution in [0.15, 0.2) is 18.2 Å². The molecule has 0 saturated carbocycles. The second-order valence-corrected chi connectivity index (χ2v) is 6.66. The summed E-state index contributed by atoms with van der Waals surface area (Å²) < 4.78 is 11.6. The van der Waals surface area contributed by atoms with Gasteiger partial charge in [0.1, 0.15) is 12.4 Å². The number of nitrogens with zero attached hydrogens (tertiary/aromatic N) is 2. The summed E-state index contributed by atoms with van der Waals surface area (Å²) in [6.45, 7) is 4.11. The first kappa shape index (κ1) is 16.6. The van der Waals surface area contributed by atoms with Gasteiger partial charge in [0.25, 0.3) is 0 Å². The van der Waals surface area contributed by atoms with Gasteiger partial charge in [-0.1, -0.05) is 11.6 Å². The number of benzene rings is 1. The minimum atomic E-state index is 0.153. The second kappa shape index (κ2) is 7.51. The fraction of sp³-hybridized carbons (Fsp3) is 0.588. The van der Waals surface area contributed by atoms with Gasteiger partial charge < -0.3 is 14.4 Å². The lowest BCUT2D eigenvalue weighted by atomic mass is 10.1. The Morgan fingerprint density at radius 1 is 1.39 bits per heavy atom. The number of hydrogen-bond donors (Lipinski definition) is 0. The molecule has 2 aliphatic rings. The third-order valence-corrected chi connectivity index (χ3v) is 4.64. The first-order valence-corrected chi connectivity index (χ1v) is 8.49. The van der Waals surface area contributed by atoms with Crippen molar-refractivity contribution in [2.75, 3.05) is 39.9 Å². The molecule has 2 fully saturated rings. The van der Waals surface area contributed by atoms with Crippen LogP contribution in [0.25, 0.3) is 0 Å². The number of rotatable bonds is 5. The molecule has 2 saturated heterocycles. The van der Waals surface area contributed by atoms with Crippen LogP contribution in [0.5, 0.6) is 5.75 Å². The summed E-state index contributed by atoms with van der Waals surface area (Å²) in [5, 5.41) is 0.685. The second-order valence-electron chi connectivity index (χ2n) is 6.22. The first-order valence-electron chi connectivity index (χ1n) is 8.11. The number of carbonyl (C=O) groups excluding carboxylic acids is 1. The fourth-order valence-electron chi connectivity index (χ4n) is 2.95. The van der Waals surface area contributed by atoms with Crippen LogP contribution in [-0.4, -0.2) is 61.7 Å². The van der Waals surface area contributed by atoms with E-state index in [0.29, 0.717) is 24.7 Å². The molecule has 0 aromatic heterocycles. The Kier molecular flexibility index (Phi) is 5.41. The monoisotopic (exact) mass is 338 g/mol. The Hall–Kier alpha value is -1.30. The Morgan fingerprint density at radius 2 is 2.26 bits per heavy atom. The van der Waals surface area contributed by atoms with Crippen LogP contribution in [0.4, 0.5) is 0 Å². The van der Waals surface area contributed by atoms with E-state index in [0.717, 1.165) is 43.9 Å². The van der Waals surface area contributed by atoms with Crippen LogP contribution in [-0.2, 0) is 16.1 Å². The van der Waals surface area contributed by atoms with E-state index in [1.807, 2.05) is 25.2 Å². The molecule has 1 amide bonds. The number of ether oxygens (including phenoxy) is 2. The van der Waals surface area contributed by atoms with E-state index < -0.39 is 0 Å². The normalized spacial score (nSPS) is 22.6. The molecular formula is C17H23ClN2O3. The van der Waals surface area contributed by atoms with Gasteiger partial charge in [0.15, 0.2) is 0 Å². The number of halogens is 1. The quantitative estimate of drug-likeness (QED) is 0.825. The van der Waals surface area contributed by atoms with Gasteiger partial charge in [-0.3, -0.25) is 9.69 Å². The van der Waals surface area contributed by atoms with Gasteiger partial charge in [-0.15, -0.1) is 0 Å². The number of likely N-dealkylation sites (N-methyl/N-ethyl adjacent to an activating group) is 1. The van der Waals surface area contributed by atoms with Gasteiger partial charge in [0, 0.05) is 43.9 Å². The number of hydrogen-bond acceptors (Lipinski definition) is 4. The van der Waals surface area contributed by atoms with Crippen molar-refractivity contribution in [3.05, 3.63) is 28.8 Å². The van der Waals surface area contributed by atoms with E-state index in [-0.39, 0.29) is 12.0 Å². The molecule has 2 aliphatic heterocycles. The number of carbonyl (C=O) groups is 1. The van der Waals surface area contributed by atoms with Crippen molar-refractivity contribution in [2.45, 2.75) is 25.5 Å². The maximum atomic E-state index is 11.9. The van der Waals surface area contributed by atoms with E-state index in [2.05, 4.69) is 4.90 Å². The van der Waals surface area contributed by atoms with E-state index in [1.165, 1.54) is 0 Å². The SMILES string of the molecule is CN1CCN(Cc2cc(Cl)ccc2OCC2CCCO2)CC1=O. The standard InChI is InChI=1S/C17H23ClN2O3/c1-19-6-7-20(11-17(19)21)10-13-9-14(18)4-5-16(13)23-12-15-3-2-8-22-15/h4-5,9,15H,2-3,6-8,10-12H2,1H3. The minimum Gasteiger partial charge on any atom is -0.491 e. The van der Waals surface area contributed by atoms with Gasteiger partial charge >= 0.3 is 0 Å². The minimum absolute atomic E-state index is 0.153. The Bertz CT molecular complexity index is 561. The van der Waals surface area contributed by atoms with E-state index in [4.69, 9.17) is 21.1 Å². The number of amides is 1. The Labute approximate surface area is 142 Å². The van der Waals surface area contributed by atoms with Crippen molar-refractivity contribution < 1.29 is 14.3 Å². The van der Waals surface area contributed by atoms with Crippen LogP contribution < -0.4 is 4.74 Å². The average molecular weight is 339 g/mol. The lowest BCUT2D eigenvalue weighted by molar-refractivity contribution is -0.134. The summed E-state index contributed by atoms with van der Waals surface area (Å²) in [6, 6.07) is 5.67. The van der Waals surface area contributed by atoms with Gasteiger partial charge in [-0.05, 0) is 31.0 Å². The van der Waals surface area contributed by atoms with Crippen molar-refractivity contribution in [1.29, 1.82) is 0 Å². The van der Waals surface area contributed by atoms with E-state index >= 15 is 0 Å². The largest absolute Gasteiger partial charge is 0.491 e. The topological polar surface area (TPSA) is 42.0 Å². The number of piperazine rings is 1. The highest BCUT2D eigenvalue weighted by Gasteiger charge is 2.22. The summed E-state index contributed by atoms with van der Waals surface area (Å²) >= 11 is 6.14. The van der Waals surface area contributed by atoms with Gasteiger partial charge in [0.2, 0.25) is 5.91 Å². The molecule has 1 aromatic carbocycles. The first-order chi connectivity index (χ1) is 11.1. The molecule has 5 nitrogen and oxygen atoms in total. The summed E-state index contributed by atoms with van der Waals surface area (Å²) in [4.78, 5) is 15.8. The molecule has 0 aliphatic carbocycles. The Balaban J connectivity index is 1.64. The molecule has 2 heterocycles. The van der Waals surface area contributed by atoms with Crippen molar-refractivity contribution in [1.82, 2.24) is 9.80 Å². The lowest BCUT2D eigenvalue weighted by Gasteiger charge is -2.32. The molecule has 1 atom stereocenters. The third-order valence-electron chi connectivity index (χ3n) is 4.40. The molecule has 126 valence electrons. The zero-order valence-electron chi connectivity index (χ0n) is 13.5. The molecule has 0 bridgehead atoms. The molecule has 0 spiro atoms. The summed E-state index contributed by atoms with van der Waals surface area (Å²) in [6.07, 6.45) is 2.34. The van der Waals surface area contributed by atoms with Crippen LogP contribution in [0.1, 0.15) is 18.4 Å². The molecule has 3 rings (SSSR count). The zero-order chi connectivity index (χ0) is 16.2. The molecule has 1 unspecified atom stereocenters. The average Bonchev–Trinajstić information content (AvgIpc) is 3.04. The zero-order valence-corrected chi connectivity index (χ0v) is 14.2. The van der Waals surface area contributed by atoms with Crippen LogP contribution in [0.3, 0.4) is 0 Å². The molecule has 0 N–H and O–H groups in total. The maximum absolute atomic E-state index is 11.9.